The first-order chi connectivity index (χ1) is 11.0. The smallest absolute Gasteiger partial charge is 0.425 e. The number of amides is 1. The van der Waals surface area contributed by atoms with Gasteiger partial charge in [-0.2, -0.15) is 0 Å². The number of para-hydroxylation sites is 2. The summed E-state index contributed by atoms with van der Waals surface area (Å²) >= 11 is 1.32. The molecule has 0 fully saturated rings. The second kappa shape index (κ2) is 7.92. The lowest BCUT2D eigenvalue weighted by Crippen LogP contribution is -2.23. The quantitative estimate of drug-likeness (QED) is 0.729. The Morgan fingerprint density at radius 3 is 2.26 bits per heavy atom. The third-order valence-corrected chi connectivity index (χ3v) is 3.84. The number of nitrogens with zero attached hydrogens (tertiary/aromatic N) is 1. The maximum atomic E-state index is 12.2. The van der Waals surface area contributed by atoms with Crippen molar-refractivity contribution in [2.75, 3.05) is 7.05 Å². The van der Waals surface area contributed by atoms with Crippen LogP contribution in [0.3, 0.4) is 0 Å². The summed E-state index contributed by atoms with van der Waals surface area (Å²) in [5.74, 6) is 0.979. The van der Waals surface area contributed by atoms with Crippen LogP contribution in [-0.4, -0.2) is 23.6 Å². The van der Waals surface area contributed by atoms with Crippen molar-refractivity contribution in [2.45, 2.75) is 31.8 Å². The van der Waals surface area contributed by atoms with Gasteiger partial charge in [0.05, 0.1) is 6.10 Å². The molecule has 0 unspecified atom stereocenters. The van der Waals surface area contributed by atoms with E-state index in [1.807, 2.05) is 57.2 Å². The predicted molar refractivity (Wildman–Crippen MR) is 93.0 cm³/mol. The maximum absolute atomic E-state index is 12.2. The molecule has 0 radical (unpaired) electrons. The lowest BCUT2D eigenvalue weighted by Gasteiger charge is -2.18. The lowest BCUT2D eigenvalue weighted by molar-refractivity contribution is 0.180. The predicted octanol–water partition coefficient (Wildman–Crippen LogP) is 4.92. The Hall–Kier alpha value is -2.14. The minimum atomic E-state index is -0.449. The first-order valence-corrected chi connectivity index (χ1v) is 8.19. The standard InChI is InChI=1S/C18H21NO3S/c1-13(2)21-16-7-5-6-8-17(16)22-18(20)19(4)23-15-11-9-14(3)10-12-15/h5-13H,1-4H3. The van der Waals surface area contributed by atoms with E-state index < -0.39 is 6.09 Å². The van der Waals surface area contributed by atoms with Crippen LogP contribution >= 0.6 is 11.9 Å². The van der Waals surface area contributed by atoms with Crippen molar-refractivity contribution in [3.05, 3.63) is 54.1 Å². The Morgan fingerprint density at radius 1 is 1.04 bits per heavy atom. The maximum Gasteiger partial charge on any atom is 0.425 e. The summed E-state index contributed by atoms with van der Waals surface area (Å²) in [5.41, 5.74) is 1.18. The van der Waals surface area contributed by atoms with Crippen LogP contribution in [0.4, 0.5) is 4.79 Å². The molecule has 0 bridgehead atoms. The van der Waals surface area contributed by atoms with Crippen LogP contribution in [0.5, 0.6) is 11.5 Å². The van der Waals surface area contributed by atoms with Crippen LogP contribution in [0.25, 0.3) is 0 Å². The molecule has 0 atom stereocenters. The molecule has 4 nitrogen and oxygen atoms in total. The first-order valence-electron chi connectivity index (χ1n) is 7.41. The largest absolute Gasteiger partial charge is 0.487 e. The molecule has 0 aromatic heterocycles. The van der Waals surface area contributed by atoms with E-state index in [-0.39, 0.29) is 6.10 Å². The number of hydrogen-bond acceptors (Lipinski definition) is 4. The SMILES string of the molecule is Cc1ccc(SN(C)C(=O)Oc2ccccc2OC(C)C)cc1. The highest BCUT2D eigenvalue weighted by Crippen LogP contribution is 2.29. The summed E-state index contributed by atoms with van der Waals surface area (Å²) in [4.78, 5) is 13.2. The van der Waals surface area contributed by atoms with Gasteiger partial charge in [0.25, 0.3) is 0 Å². The Kier molecular flexibility index (Phi) is 5.93. The molecule has 0 saturated heterocycles. The zero-order chi connectivity index (χ0) is 16.8. The highest BCUT2D eigenvalue weighted by atomic mass is 32.2. The second-order valence-electron chi connectivity index (χ2n) is 5.38. The van der Waals surface area contributed by atoms with E-state index in [1.165, 1.54) is 21.8 Å². The molecular weight excluding hydrogens is 310 g/mol. The van der Waals surface area contributed by atoms with E-state index >= 15 is 0 Å². The van der Waals surface area contributed by atoms with Crippen LogP contribution in [0, 0.1) is 6.92 Å². The summed E-state index contributed by atoms with van der Waals surface area (Å²) < 4.78 is 12.6. The van der Waals surface area contributed by atoms with Crippen LogP contribution in [0.15, 0.2) is 53.4 Å². The Morgan fingerprint density at radius 2 is 1.65 bits per heavy atom. The molecule has 0 aliphatic rings. The molecule has 0 N–H and O–H groups in total. The van der Waals surface area contributed by atoms with E-state index in [4.69, 9.17) is 9.47 Å². The van der Waals surface area contributed by atoms with Gasteiger partial charge in [0.1, 0.15) is 0 Å². The molecule has 2 aromatic carbocycles. The average molecular weight is 331 g/mol. The van der Waals surface area contributed by atoms with Gasteiger partial charge in [-0.05, 0) is 57.0 Å². The van der Waals surface area contributed by atoms with Gasteiger partial charge >= 0.3 is 6.09 Å². The lowest BCUT2D eigenvalue weighted by atomic mass is 10.2. The highest BCUT2D eigenvalue weighted by molar-refractivity contribution is 7.97. The third kappa shape index (κ3) is 5.21. The third-order valence-electron chi connectivity index (χ3n) is 2.93. The fourth-order valence-electron chi connectivity index (χ4n) is 1.84. The summed E-state index contributed by atoms with van der Waals surface area (Å²) in [6.07, 6.45) is -0.440. The van der Waals surface area contributed by atoms with E-state index in [9.17, 15) is 4.79 Å². The van der Waals surface area contributed by atoms with Crippen LogP contribution in [-0.2, 0) is 0 Å². The van der Waals surface area contributed by atoms with Crippen molar-refractivity contribution in [3.63, 3.8) is 0 Å². The highest BCUT2D eigenvalue weighted by Gasteiger charge is 2.16. The zero-order valence-electron chi connectivity index (χ0n) is 13.8. The molecule has 1 amide bonds. The first kappa shape index (κ1) is 17.2. The minimum Gasteiger partial charge on any atom is -0.487 e. The number of carbonyl (C=O) groups excluding carboxylic acids is 1. The number of carbonyl (C=O) groups is 1. The van der Waals surface area contributed by atoms with E-state index in [0.29, 0.717) is 11.5 Å². The van der Waals surface area contributed by atoms with Crippen molar-refractivity contribution in [3.8, 4) is 11.5 Å². The molecule has 5 heteroatoms. The molecule has 0 aliphatic carbocycles. The molecule has 23 heavy (non-hydrogen) atoms. The van der Waals surface area contributed by atoms with Crippen molar-refractivity contribution >= 4 is 18.0 Å². The number of rotatable bonds is 5. The van der Waals surface area contributed by atoms with Gasteiger partial charge in [0.15, 0.2) is 11.5 Å². The monoisotopic (exact) mass is 331 g/mol. The van der Waals surface area contributed by atoms with Gasteiger partial charge in [-0.3, -0.25) is 0 Å². The van der Waals surface area contributed by atoms with Crippen molar-refractivity contribution in [1.29, 1.82) is 0 Å². The molecule has 0 spiro atoms. The van der Waals surface area contributed by atoms with E-state index in [2.05, 4.69) is 0 Å². The van der Waals surface area contributed by atoms with Gasteiger partial charge in [0, 0.05) is 11.9 Å². The molecule has 0 heterocycles. The number of benzene rings is 2. The Balaban J connectivity index is 2.02. The fraction of sp³-hybridized carbons (Fsp3) is 0.278. The van der Waals surface area contributed by atoms with Crippen molar-refractivity contribution in [2.24, 2.45) is 0 Å². The van der Waals surface area contributed by atoms with Crippen LogP contribution in [0.2, 0.25) is 0 Å². The Bertz CT molecular complexity index is 656. The van der Waals surface area contributed by atoms with Gasteiger partial charge < -0.3 is 9.47 Å². The summed E-state index contributed by atoms with van der Waals surface area (Å²) in [6.45, 7) is 5.88. The van der Waals surface area contributed by atoms with Gasteiger partial charge in [0.2, 0.25) is 0 Å². The zero-order valence-corrected chi connectivity index (χ0v) is 14.6. The van der Waals surface area contributed by atoms with E-state index in [1.54, 1.807) is 19.2 Å². The summed E-state index contributed by atoms with van der Waals surface area (Å²) in [5, 5.41) is 0. The van der Waals surface area contributed by atoms with Crippen molar-refractivity contribution in [1.82, 2.24) is 4.31 Å². The molecular formula is C18H21NO3S. The normalized spacial score (nSPS) is 10.5. The Labute approximate surface area is 141 Å². The number of hydrogen-bond donors (Lipinski definition) is 0. The van der Waals surface area contributed by atoms with Crippen molar-refractivity contribution < 1.29 is 14.3 Å². The van der Waals surface area contributed by atoms with Gasteiger partial charge in [-0.15, -0.1) is 0 Å². The number of aryl methyl sites for hydroxylation is 1. The van der Waals surface area contributed by atoms with Gasteiger partial charge in [-0.25, -0.2) is 9.10 Å². The van der Waals surface area contributed by atoms with Crippen LogP contribution < -0.4 is 9.47 Å². The second-order valence-corrected chi connectivity index (χ2v) is 6.58. The molecule has 122 valence electrons. The average Bonchev–Trinajstić information content (AvgIpc) is 2.51. The molecule has 0 aliphatic heterocycles. The summed E-state index contributed by atoms with van der Waals surface area (Å²) in [6, 6.07) is 15.1. The minimum absolute atomic E-state index is 0.00881. The fourth-order valence-corrected chi connectivity index (χ4v) is 2.52. The molecule has 2 rings (SSSR count). The summed E-state index contributed by atoms with van der Waals surface area (Å²) in [7, 11) is 1.68. The van der Waals surface area contributed by atoms with E-state index in [0.717, 1.165) is 4.90 Å². The van der Waals surface area contributed by atoms with Gasteiger partial charge in [-0.1, -0.05) is 29.8 Å². The molecule has 0 saturated carbocycles. The number of ether oxygens (including phenoxy) is 2. The van der Waals surface area contributed by atoms with Crippen LogP contribution in [0.1, 0.15) is 19.4 Å². The molecule has 2 aromatic rings. The topological polar surface area (TPSA) is 38.8 Å².